The van der Waals surface area contributed by atoms with Gasteiger partial charge in [-0.2, -0.15) is 5.10 Å². The van der Waals surface area contributed by atoms with Crippen LogP contribution in [0.1, 0.15) is 37.9 Å². The number of carbonyl (C=O) groups is 1. The van der Waals surface area contributed by atoms with Crippen LogP contribution < -0.4 is 5.32 Å². The minimum atomic E-state index is -0.891. The Balaban J connectivity index is 1.71. The Bertz CT molecular complexity index is 748. The third-order valence-corrected chi connectivity index (χ3v) is 4.72. The molecule has 2 amide bonds. The van der Waals surface area contributed by atoms with Gasteiger partial charge in [-0.05, 0) is 51.3 Å². The number of aryl methyl sites for hydroxylation is 1. The van der Waals surface area contributed by atoms with Gasteiger partial charge in [-0.15, -0.1) is 0 Å². The van der Waals surface area contributed by atoms with Gasteiger partial charge in [-0.25, -0.2) is 9.48 Å². The Hall–Kier alpha value is -2.34. The normalized spacial score (nSPS) is 17.8. The number of urea groups is 1. The van der Waals surface area contributed by atoms with E-state index in [1.807, 2.05) is 48.1 Å². The van der Waals surface area contributed by atoms with Crippen LogP contribution >= 0.6 is 0 Å². The summed E-state index contributed by atoms with van der Waals surface area (Å²) >= 11 is 0. The molecule has 0 aliphatic carbocycles. The van der Waals surface area contributed by atoms with Crippen LogP contribution in [0.4, 0.5) is 4.79 Å². The molecule has 0 saturated carbocycles. The molecule has 2 N–H and O–H groups in total. The molecule has 0 bridgehead atoms. The predicted octanol–water partition coefficient (Wildman–Crippen LogP) is 2.63. The van der Waals surface area contributed by atoms with Crippen molar-refractivity contribution in [1.29, 1.82) is 0 Å². The van der Waals surface area contributed by atoms with Gasteiger partial charge >= 0.3 is 6.03 Å². The smallest absolute Gasteiger partial charge is 0.318 e. The number of benzene rings is 1. The standard InChI is InChI=1S/C19H26N4O2/c1-14-10-12-23(21-14)16-8-5-4-7-15(16)13-20-18(24)22-11-6-9-17(22)19(2,3)25/h4-5,7-8,10,12,17,25H,6,9,11,13H2,1-3H3,(H,20,24)/t17-/m0/s1. The molecule has 0 unspecified atom stereocenters. The number of hydrogen-bond donors (Lipinski definition) is 2. The predicted molar refractivity (Wildman–Crippen MR) is 96.6 cm³/mol. The van der Waals surface area contributed by atoms with E-state index in [0.717, 1.165) is 29.8 Å². The molecule has 0 spiro atoms. The van der Waals surface area contributed by atoms with Crippen molar-refractivity contribution in [2.75, 3.05) is 6.54 Å². The van der Waals surface area contributed by atoms with E-state index in [-0.39, 0.29) is 12.1 Å². The van der Waals surface area contributed by atoms with Gasteiger partial charge in [0.25, 0.3) is 0 Å². The Morgan fingerprint density at radius 1 is 1.36 bits per heavy atom. The molecule has 25 heavy (non-hydrogen) atoms. The minimum absolute atomic E-state index is 0.129. The first-order valence-electron chi connectivity index (χ1n) is 8.73. The Morgan fingerprint density at radius 3 is 2.80 bits per heavy atom. The summed E-state index contributed by atoms with van der Waals surface area (Å²) in [4.78, 5) is 14.4. The lowest BCUT2D eigenvalue weighted by Crippen LogP contribution is -2.51. The Labute approximate surface area is 148 Å². The average molecular weight is 342 g/mol. The summed E-state index contributed by atoms with van der Waals surface area (Å²) in [5.74, 6) is 0. The van der Waals surface area contributed by atoms with Gasteiger partial charge in [0, 0.05) is 19.3 Å². The molecule has 1 aliphatic heterocycles. The van der Waals surface area contributed by atoms with Crippen molar-refractivity contribution in [3.05, 3.63) is 47.8 Å². The SMILES string of the molecule is Cc1ccn(-c2ccccc2CNC(=O)N2CCC[C@H]2C(C)(C)O)n1. The van der Waals surface area contributed by atoms with Gasteiger partial charge in [-0.3, -0.25) is 0 Å². The maximum atomic E-state index is 12.6. The van der Waals surface area contributed by atoms with Crippen molar-refractivity contribution >= 4 is 6.03 Å². The topological polar surface area (TPSA) is 70.4 Å². The van der Waals surface area contributed by atoms with Crippen molar-refractivity contribution < 1.29 is 9.90 Å². The van der Waals surface area contributed by atoms with Gasteiger partial charge in [0.2, 0.25) is 0 Å². The summed E-state index contributed by atoms with van der Waals surface area (Å²) in [5.41, 5.74) is 2.01. The van der Waals surface area contributed by atoms with Crippen LogP contribution in [0.15, 0.2) is 36.5 Å². The van der Waals surface area contributed by atoms with Crippen LogP contribution in [-0.2, 0) is 6.54 Å². The minimum Gasteiger partial charge on any atom is -0.388 e. The second kappa shape index (κ2) is 6.88. The molecule has 2 aromatic rings. The zero-order chi connectivity index (χ0) is 18.0. The van der Waals surface area contributed by atoms with Gasteiger partial charge in [0.05, 0.1) is 23.0 Å². The fraction of sp³-hybridized carbons (Fsp3) is 0.474. The second-order valence-electron chi connectivity index (χ2n) is 7.19. The second-order valence-corrected chi connectivity index (χ2v) is 7.19. The highest BCUT2D eigenvalue weighted by Gasteiger charge is 2.38. The van der Waals surface area contributed by atoms with Crippen molar-refractivity contribution in [3.8, 4) is 5.69 Å². The highest BCUT2D eigenvalue weighted by Crippen LogP contribution is 2.26. The Morgan fingerprint density at radius 2 is 2.12 bits per heavy atom. The third-order valence-electron chi connectivity index (χ3n) is 4.72. The van der Waals surface area contributed by atoms with E-state index in [2.05, 4.69) is 10.4 Å². The first-order valence-corrected chi connectivity index (χ1v) is 8.73. The van der Waals surface area contributed by atoms with Crippen LogP contribution in [0.2, 0.25) is 0 Å². The molecule has 1 saturated heterocycles. The van der Waals surface area contributed by atoms with Crippen LogP contribution in [0, 0.1) is 6.92 Å². The number of likely N-dealkylation sites (tertiary alicyclic amines) is 1. The van der Waals surface area contributed by atoms with Gasteiger partial charge < -0.3 is 15.3 Å². The number of rotatable bonds is 4. The highest BCUT2D eigenvalue weighted by molar-refractivity contribution is 5.75. The number of nitrogens with one attached hydrogen (secondary N) is 1. The van der Waals surface area contributed by atoms with E-state index in [1.54, 1.807) is 18.7 Å². The molecule has 2 heterocycles. The Kier molecular flexibility index (Phi) is 4.81. The number of para-hydroxylation sites is 1. The fourth-order valence-electron chi connectivity index (χ4n) is 3.45. The van der Waals surface area contributed by atoms with Crippen molar-refractivity contribution in [2.45, 2.75) is 51.8 Å². The molecule has 3 rings (SSSR count). The molecule has 1 aromatic heterocycles. The number of amides is 2. The molecule has 1 aromatic carbocycles. The van der Waals surface area contributed by atoms with E-state index >= 15 is 0 Å². The summed E-state index contributed by atoms with van der Waals surface area (Å²) in [6, 6.07) is 9.58. The lowest BCUT2D eigenvalue weighted by Gasteiger charge is -2.33. The molecule has 6 heteroatoms. The zero-order valence-electron chi connectivity index (χ0n) is 15.1. The van der Waals surface area contributed by atoms with Gasteiger partial charge in [0.1, 0.15) is 0 Å². The summed E-state index contributed by atoms with van der Waals surface area (Å²) in [7, 11) is 0. The quantitative estimate of drug-likeness (QED) is 0.897. The van der Waals surface area contributed by atoms with E-state index in [9.17, 15) is 9.90 Å². The number of nitrogens with zero attached hydrogens (tertiary/aromatic N) is 3. The summed E-state index contributed by atoms with van der Waals surface area (Å²) in [6.07, 6.45) is 3.67. The lowest BCUT2D eigenvalue weighted by atomic mass is 9.97. The van der Waals surface area contributed by atoms with E-state index in [1.165, 1.54) is 0 Å². The largest absolute Gasteiger partial charge is 0.388 e. The number of carbonyl (C=O) groups excluding carboxylic acids is 1. The lowest BCUT2D eigenvalue weighted by molar-refractivity contribution is 0.00978. The summed E-state index contributed by atoms with van der Waals surface area (Å²) in [6.45, 7) is 6.58. The van der Waals surface area contributed by atoms with Crippen LogP contribution in [0.5, 0.6) is 0 Å². The van der Waals surface area contributed by atoms with E-state index < -0.39 is 5.60 Å². The van der Waals surface area contributed by atoms with Crippen LogP contribution in [0.3, 0.4) is 0 Å². The summed E-state index contributed by atoms with van der Waals surface area (Å²) < 4.78 is 1.83. The average Bonchev–Trinajstić information content (AvgIpc) is 3.21. The van der Waals surface area contributed by atoms with Crippen molar-refractivity contribution in [2.24, 2.45) is 0 Å². The highest BCUT2D eigenvalue weighted by atomic mass is 16.3. The molecular weight excluding hydrogens is 316 g/mol. The monoisotopic (exact) mass is 342 g/mol. The molecular formula is C19H26N4O2. The first kappa shape index (κ1) is 17.5. The third kappa shape index (κ3) is 3.85. The van der Waals surface area contributed by atoms with Crippen LogP contribution in [-0.4, -0.2) is 44.0 Å². The maximum absolute atomic E-state index is 12.6. The maximum Gasteiger partial charge on any atom is 0.318 e. The molecule has 1 fully saturated rings. The van der Waals surface area contributed by atoms with E-state index in [0.29, 0.717) is 13.1 Å². The van der Waals surface area contributed by atoms with Gasteiger partial charge in [0.15, 0.2) is 0 Å². The molecule has 0 radical (unpaired) electrons. The fourth-order valence-corrected chi connectivity index (χ4v) is 3.45. The molecule has 134 valence electrons. The molecule has 1 atom stereocenters. The number of aromatic nitrogens is 2. The first-order chi connectivity index (χ1) is 11.9. The van der Waals surface area contributed by atoms with Gasteiger partial charge in [-0.1, -0.05) is 18.2 Å². The molecule has 6 nitrogen and oxygen atoms in total. The summed E-state index contributed by atoms with van der Waals surface area (Å²) in [5, 5.41) is 17.7. The number of hydrogen-bond acceptors (Lipinski definition) is 3. The number of aliphatic hydroxyl groups is 1. The zero-order valence-corrected chi connectivity index (χ0v) is 15.1. The van der Waals surface area contributed by atoms with Crippen molar-refractivity contribution in [1.82, 2.24) is 20.0 Å². The van der Waals surface area contributed by atoms with Crippen LogP contribution in [0.25, 0.3) is 5.69 Å². The van der Waals surface area contributed by atoms with E-state index in [4.69, 9.17) is 0 Å². The van der Waals surface area contributed by atoms with Crippen molar-refractivity contribution in [3.63, 3.8) is 0 Å². The molecule has 1 aliphatic rings.